The van der Waals surface area contributed by atoms with Crippen molar-refractivity contribution in [1.82, 2.24) is 14.7 Å². The van der Waals surface area contributed by atoms with Crippen LogP contribution in [0.3, 0.4) is 0 Å². The molecule has 1 aliphatic carbocycles. The second kappa shape index (κ2) is 9.45. The summed E-state index contributed by atoms with van der Waals surface area (Å²) >= 11 is 0. The first-order valence-corrected chi connectivity index (χ1v) is 12.1. The molecule has 5 rings (SSSR count). The summed E-state index contributed by atoms with van der Waals surface area (Å²) in [4.78, 5) is 16.6. The highest BCUT2D eigenvalue weighted by Gasteiger charge is 2.20. The molecule has 0 saturated heterocycles. The Balaban J connectivity index is 1.57. The van der Waals surface area contributed by atoms with Gasteiger partial charge in [-0.15, -0.1) is 0 Å². The smallest absolute Gasteiger partial charge is 0.309 e. The summed E-state index contributed by atoms with van der Waals surface area (Å²) in [5.74, 6) is 1.28. The molecule has 1 aromatic carbocycles. The number of carbonyl (C=O) groups is 1. The van der Waals surface area contributed by atoms with E-state index in [-0.39, 0.29) is 12.4 Å². The summed E-state index contributed by atoms with van der Waals surface area (Å²) in [7, 11) is 1.42. The Labute approximate surface area is 199 Å². The van der Waals surface area contributed by atoms with Crippen LogP contribution in [0.2, 0.25) is 0 Å². The number of rotatable bonds is 6. The molecule has 0 bridgehead atoms. The first-order chi connectivity index (χ1) is 16.5. The van der Waals surface area contributed by atoms with Crippen molar-refractivity contribution in [3.63, 3.8) is 0 Å². The molecule has 0 amide bonds. The Bertz CT molecular complexity index is 1290. The van der Waals surface area contributed by atoms with E-state index in [2.05, 4.69) is 34.1 Å². The average Bonchev–Trinajstić information content (AvgIpc) is 3.39. The van der Waals surface area contributed by atoms with E-state index in [9.17, 15) is 4.79 Å². The van der Waals surface area contributed by atoms with Gasteiger partial charge in [-0.05, 0) is 49.8 Å². The van der Waals surface area contributed by atoms with Gasteiger partial charge < -0.3 is 13.8 Å². The van der Waals surface area contributed by atoms with Crippen LogP contribution in [0.15, 0.2) is 47.2 Å². The number of fused-ring (bicyclic) bond motifs is 1. The number of aryl methyl sites for hydroxylation is 2. The minimum absolute atomic E-state index is 0.231. The van der Waals surface area contributed by atoms with Crippen LogP contribution in [-0.4, -0.2) is 27.8 Å². The largest absolute Gasteiger partial charge is 0.469 e. The zero-order valence-electron chi connectivity index (χ0n) is 20.1. The molecule has 3 heterocycles. The SMILES string of the molecule is COC(=O)Cc1ccc(-c2cn(CC3CCCCC3)c3cc(-c4c(C)noc4C)cnc23)cc1. The summed E-state index contributed by atoms with van der Waals surface area (Å²) in [5.41, 5.74) is 8.21. The molecule has 0 N–H and O–H groups in total. The van der Waals surface area contributed by atoms with Crippen molar-refractivity contribution in [2.75, 3.05) is 7.11 Å². The number of esters is 1. The Morgan fingerprint density at radius 1 is 1.12 bits per heavy atom. The maximum Gasteiger partial charge on any atom is 0.309 e. The molecule has 1 saturated carbocycles. The lowest BCUT2D eigenvalue weighted by Gasteiger charge is -2.22. The van der Waals surface area contributed by atoms with Gasteiger partial charge in [0.15, 0.2) is 0 Å². The van der Waals surface area contributed by atoms with Crippen LogP contribution >= 0.6 is 0 Å². The monoisotopic (exact) mass is 457 g/mol. The Hall–Kier alpha value is -3.41. The Kier molecular flexibility index (Phi) is 6.22. The van der Waals surface area contributed by atoms with E-state index in [4.69, 9.17) is 14.2 Å². The van der Waals surface area contributed by atoms with Gasteiger partial charge in [-0.3, -0.25) is 9.78 Å². The molecule has 0 radical (unpaired) electrons. The number of methoxy groups -OCH3 is 1. The van der Waals surface area contributed by atoms with E-state index in [0.717, 1.165) is 56.8 Å². The second-order valence-electron chi connectivity index (χ2n) is 9.44. The van der Waals surface area contributed by atoms with Crippen LogP contribution in [0.25, 0.3) is 33.3 Å². The standard InChI is InChI=1S/C28H31N3O3/c1-18-27(19(2)34-30-18)23-14-25-28(29-15-23)24(17-31(25)16-21-7-5-4-6-8-21)22-11-9-20(10-12-22)13-26(32)33-3/h9-12,14-15,17,21H,4-8,13,16H2,1-3H3. The number of ether oxygens (including phenoxy) is 1. The number of hydrogen-bond acceptors (Lipinski definition) is 5. The number of hydrogen-bond donors (Lipinski definition) is 0. The molecule has 1 aliphatic rings. The van der Waals surface area contributed by atoms with Crippen LogP contribution in [-0.2, 0) is 22.5 Å². The van der Waals surface area contributed by atoms with Gasteiger partial charge in [-0.25, -0.2) is 0 Å². The molecule has 176 valence electrons. The van der Waals surface area contributed by atoms with E-state index < -0.39 is 0 Å². The van der Waals surface area contributed by atoms with Crippen LogP contribution in [0.4, 0.5) is 0 Å². The summed E-state index contributed by atoms with van der Waals surface area (Å²) in [6.07, 6.45) is 11.0. The first kappa shape index (κ1) is 22.4. The number of pyridine rings is 1. The fraction of sp³-hybridized carbons (Fsp3) is 0.393. The molecule has 0 aliphatic heterocycles. The topological polar surface area (TPSA) is 70.2 Å². The van der Waals surface area contributed by atoms with E-state index >= 15 is 0 Å². The molecule has 4 aromatic rings. The van der Waals surface area contributed by atoms with Gasteiger partial charge in [-0.2, -0.15) is 0 Å². The molecule has 6 heteroatoms. The van der Waals surface area contributed by atoms with E-state index in [0.29, 0.717) is 5.92 Å². The second-order valence-corrected chi connectivity index (χ2v) is 9.44. The normalized spacial score (nSPS) is 14.6. The molecule has 0 unspecified atom stereocenters. The van der Waals surface area contributed by atoms with Crippen molar-refractivity contribution in [1.29, 1.82) is 0 Å². The van der Waals surface area contributed by atoms with Crippen LogP contribution < -0.4 is 0 Å². The van der Waals surface area contributed by atoms with Crippen molar-refractivity contribution < 1.29 is 14.1 Å². The van der Waals surface area contributed by atoms with Gasteiger partial charge >= 0.3 is 5.97 Å². The summed E-state index contributed by atoms with van der Waals surface area (Å²) in [6.45, 7) is 4.92. The number of benzene rings is 1. The number of nitrogens with zero attached hydrogens (tertiary/aromatic N) is 3. The molecule has 34 heavy (non-hydrogen) atoms. The van der Waals surface area contributed by atoms with Crippen LogP contribution in [0, 0.1) is 19.8 Å². The maximum atomic E-state index is 11.6. The zero-order chi connectivity index (χ0) is 23.7. The lowest BCUT2D eigenvalue weighted by atomic mass is 9.89. The third-order valence-corrected chi connectivity index (χ3v) is 7.06. The highest BCUT2D eigenvalue weighted by Crippen LogP contribution is 2.35. The predicted octanol–water partition coefficient (Wildman–Crippen LogP) is 6.27. The van der Waals surface area contributed by atoms with Crippen molar-refractivity contribution in [3.05, 3.63) is 59.7 Å². The average molecular weight is 458 g/mol. The zero-order valence-corrected chi connectivity index (χ0v) is 20.1. The minimum atomic E-state index is -0.231. The van der Waals surface area contributed by atoms with Crippen molar-refractivity contribution >= 4 is 17.0 Å². The lowest BCUT2D eigenvalue weighted by molar-refractivity contribution is -0.139. The van der Waals surface area contributed by atoms with Crippen molar-refractivity contribution in [2.45, 2.75) is 58.9 Å². The first-order valence-electron chi connectivity index (χ1n) is 12.1. The maximum absolute atomic E-state index is 11.6. The predicted molar refractivity (Wildman–Crippen MR) is 132 cm³/mol. The fourth-order valence-electron chi connectivity index (χ4n) is 5.25. The molecule has 3 aromatic heterocycles. The lowest BCUT2D eigenvalue weighted by Crippen LogP contribution is -2.13. The molecule has 1 fully saturated rings. The van der Waals surface area contributed by atoms with E-state index in [1.807, 2.05) is 32.2 Å². The Morgan fingerprint density at radius 2 is 1.88 bits per heavy atom. The highest BCUT2D eigenvalue weighted by atomic mass is 16.5. The quantitative estimate of drug-likeness (QED) is 0.319. The summed E-state index contributed by atoms with van der Waals surface area (Å²) < 4.78 is 12.6. The Morgan fingerprint density at radius 3 is 2.56 bits per heavy atom. The molecular weight excluding hydrogens is 426 g/mol. The molecule has 0 atom stereocenters. The highest BCUT2D eigenvalue weighted by molar-refractivity contribution is 5.95. The minimum Gasteiger partial charge on any atom is -0.469 e. The van der Waals surface area contributed by atoms with Crippen molar-refractivity contribution in [2.24, 2.45) is 5.92 Å². The number of aromatic nitrogens is 3. The van der Waals surface area contributed by atoms with Gasteiger partial charge in [0.05, 0.1) is 30.3 Å². The van der Waals surface area contributed by atoms with Crippen LogP contribution in [0.5, 0.6) is 0 Å². The van der Waals surface area contributed by atoms with Gasteiger partial charge in [0, 0.05) is 35.6 Å². The third-order valence-electron chi connectivity index (χ3n) is 7.06. The van der Waals surface area contributed by atoms with E-state index in [1.54, 1.807) is 0 Å². The molecule has 0 spiro atoms. The molecular formula is C28H31N3O3. The van der Waals surface area contributed by atoms with Crippen molar-refractivity contribution in [3.8, 4) is 22.3 Å². The summed E-state index contributed by atoms with van der Waals surface area (Å²) in [6, 6.07) is 10.4. The third kappa shape index (κ3) is 4.37. The molecule has 6 nitrogen and oxygen atoms in total. The van der Waals surface area contributed by atoms with Gasteiger partial charge in [0.25, 0.3) is 0 Å². The van der Waals surface area contributed by atoms with Crippen LogP contribution in [0.1, 0.15) is 49.1 Å². The van der Waals surface area contributed by atoms with E-state index in [1.165, 1.54) is 39.2 Å². The fourth-order valence-corrected chi connectivity index (χ4v) is 5.25. The summed E-state index contributed by atoms with van der Waals surface area (Å²) in [5, 5.41) is 4.13. The van der Waals surface area contributed by atoms with Gasteiger partial charge in [0.1, 0.15) is 5.76 Å². The number of carbonyl (C=O) groups excluding carboxylic acids is 1. The van der Waals surface area contributed by atoms with Gasteiger partial charge in [-0.1, -0.05) is 48.7 Å². The van der Waals surface area contributed by atoms with Gasteiger partial charge in [0.2, 0.25) is 0 Å².